The summed E-state index contributed by atoms with van der Waals surface area (Å²) in [5, 5.41) is 18.4. The highest BCUT2D eigenvalue weighted by Gasteiger charge is 2.14. The van der Waals surface area contributed by atoms with Crippen LogP contribution in [0.25, 0.3) is 0 Å². The number of rotatable bonds is 6. The zero-order chi connectivity index (χ0) is 9.56. The molecule has 0 aromatic carbocycles. The Bertz CT molecular complexity index is 98.5. The Hall–Kier alpha value is -0.160. The van der Waals surface area contributed by atoms with E-state index < -0.39 is 12.5 Å². The molecule has 0 aliphatic carbocycles. The first-order valence-electron chi connectivity index (χ1n) is 4.29. The Morgan fingerprint density at radius 2 is 1.75 bits per heavy atom. The number of aliphatic hydroxyl groups is 2. The van der Waals surface area contributed by atoms with Crippen molar-refractivity contribution >= 4 is 0 Å². The molecule has 0 aromatic heterocycles. The smallest absolute Gasteiger partial charge is 0.106 e. The van der Waals surface area contributed by atoms with Gasteiger partial charge in [0.1, 0.15) is 12.5 Å². The number of ether oxygens (including phenoxy) is 1. The zero-order valence-corrected chi connectivity index (χ0v) is 8.03. The van der Waals surface area contributed by atoms with Crippen LogP contribution in [0.4, 0.5) is 0 Å². The molecule has 2 N–H and O–H groups in total. The molecule has 12 heavy (non-hydrogen) atoms. The van der Waals surface area contributed by atoms with Crippen molar-refractivity contribution in [1.29, 1.82) is 0 Å². The van der Waals surface area contributed by atoms with Gasteiger partial charge in [0.25, 0.3) is 0 Å². The summed E-state index contributed by atoms with van der Waals surface area (Å²) >= 11 is 0. The van der Waals surface area contributed by atoms with Crippen LogP contribution in [0, 0.1) is 0 Å². The second kappa shape index (κ2) is 6.37. The van der Waals surface area contributed by atoms with Gasteiger partial charge in [-0.2, -0.15) is 0 Å². The maximum atomic E-state index is 9.19. The summed E-state index contributed by atoms with van der Waals surface area (Å²) in [5.74, 6) is 0. The number of aliphatic hydroxyl groups excluding tert-OH is 2. The van der Waals surface area contributed by atoms with Crippen molar-refractivity contribution in [1.82, 2.24) is 4.90 Å². The van der Waals surface area contributed by atoms with Gasteiger partial charge in [-0.1, -0.05) is 0 Å². The van der Waals surface area contributed by atoms with Gasteiger partial charge in [0.05, 0.1) is 6.61 Å². The van der Waals surface area contributed by atoms with E-state index in [9.17, 15) is 10.2 Å². The average molecular weight is 177 g/mol. The molecule has 0 saturated heterocycles. The van der Waals surface area contributed by atoms with Crippen molar-refractivity contribution in [3.8, 4) is 0 Å². The fraction of sp³-hybridized carbons (Fsp3) is 1.00. The molecule has 0 aliphatic rings. The van der Waals surface area contributed by atoms with E-state index in [0.717, 1.165) is 0 Å². The van der Waals surface area contributed by atoms with Crippen molar-refractivity contribution in [3.05, 3.63) is 0 Å². The lowest BCUT2D eigenvalue weighted by Crippen LogP contribution is -2.42. The maximum Gasteiger partial charge on any atom is 0.106 e. The van der Waals surface area contributed by atoms with E-state index in [2.05, 4.69) is 0 Å². The molecular formula is C8H19NO3. The standard InChI is InChI=1S/C8H19NO3/c1-4-12-6-5-9(7(2)10)8(3)11/h7-8,10-11H,4-6H2,1-3H3. The molecule has 2 unspecified atom stereocenters. The molecule has 0 aromatic rings. The molecule has 0 radical (unpaired) electrons. The van der Waals surface area contributed by atoms with Crippen LogP contribution < -0.4 is 0 Å². The van der Waals surface area contributed by atoms with Crippen LogP contribution in [0.3, 0.4) is 0 Å². The molecular weight excluding hydrogens is 158 g/mol. The van der Waals surface area contributed by atoms with Gasteiger partial charge in [-0.25, -0.2) is 0 Å². The minimum Gasteiger partial charge on any atom is -0.380 e. The van der Waals surface area contributed by atoms with Crippen LogP contribution in [0.5, 0.6) is 0 Å². The lowest BCUT2D eigenvalue weighted by molar-refractivity contribution is -0.0932. The molecule has 0 amide bonds. The number of hydrogen-bond donors (Lipinski definition) is 2. The minimum atomic E-state index is -0.634. The number of hydrogen-bond acceptors (Lipinski definition) is 4. The second-order valence-corrected chi connectivity index (χ2v) is 2.70. The van der Waals surface area contributed by atoms with Crippen LogP contribution >= 0.6 is 0 Å². The van der Waals surface area contributed by atoms with Crippen LogP contribution in [-0.2, 0) is 4.74 Å². The molecule has 0 aliphatic heterocycles. The van der Waals surface area contributed by atoms with Gasteiger partial charge < -0.3 is 14.9 Å². The van der Waals surface area contributed by atoms with Crippen LogP contribution in [0.15, 0.2) is 0 Å². The summed E-state index contributed by atoms with van der Waals surface area (Å²) in [6.45, 7) is 6.90. The minimum absolute atomic E-state index is 0.534. The predicted octanol–water partition coefficient (Wildman–Crippen LogP) is 0.00150. The van der Waals surface area contributed by atoms with Gasteiger partial charge in [0.15, 0.2) is 0 Å². The Kier molecular flexibility index (Phi) is 6.28. The van der Waals surface area contributed by atoms with E-state index in [1.54, 1.807) is 18.7 Å². The van der Waals surface area contributed by atoms with Crippen LogP contribution in [-0.4, -0.2) is 47.3 Å². The number of nitrogens with zero attached hydrogens (tertiary/aromatic N) is 1. The average Bonchev–Trinajstić information content (AvgIpc) is 1.96. The molecule has 0 rings (SSSR count). The summed E-state index contributed by atoms with van der Waals surface area (Å²) in [5.41, 5.74) is 0. The Morgan fingerprint density at radius 3 is 2.08 bits per heavy atom. The Morgan fingerprint density at radius 1 is 1.25 bits per heavy atom. The summed E-state index contributed by atoms with van der Waals surface area (Å²) in [6, 6.07) is 0. The molecule has 2 atom stereocenters. The fourth-order valence-electron chi connectivity index (χ4n) is 1.00. The summed E-state index contributed by atoms with van der Waals surface area (Å²) in [4.78, 5) is 1.55. The van der Waals surface area contributed by atoms with Crippen molar-refractivity contribution in [2.75, 3.05) is 19.8 Å². The monoisotopic (exact) mass is 177 g/mol. The van der Waals surface area contributed by atoms with E-state index in [-0.39, 0.29) is 0 Å². The second-order valence-electron chi connectivity index (χ2n) is 2.70. The molecule has 0 spiro atoms. The van der Waals surface area contributed by atoms with Gasteiger partial charge in [0, 0.05) is 13.2 Å². The third kappa shape index (κ3) is 4.66. The lowest BCUT2D eigenvalue weighted by atomic mass is 10.4. The van der Waals surface area contributed by atoms with Crippen molar-refractivity contribution < 1.29 is 14.9 Å². The van der Waals surface area contributed by atoms with Crippen LogP contribution in [0.2, 0.25) is 0 Å². The first-order valence-corrected chi connectivity index (χ1v) is 4.29. The highest BCUT2D eigenvalue weighted by atomic mass is 16.5. The Balaban J connectivity index is 3.64. The molecule has 4 nitrogen and oxygen atoms in total. The van der Waals surface area contributed by atoms with Gasteiger partial charge in [-0.15, -0.1) is 0 Å². The SMILES string of the molecule is CCOCCN(C(C)O)C(C)O. The molecule has 74 valence electrons. The third-order valence-corrected chi connectivity index (χ3v) is 1.66. The summed E-state index contributed by atoms with van der Waals surface area (Å²) in [6.07, 6.45) is -1.27. The van der Waals surface area contributed by atoms with Gasteiger partial charge in [0.2, 0.25) is 0 Å². The normalized spacial score (nSPS) is 16.5. The van der Waals surface area contributed by atoms with Gasteiger partial charge in [-0.05, 0) is 20.8 Å². The molecule has 0 bridgehead atoms. The highest BCUT2D eigenvalue weighted by Crippen LogP contribution is 1.99. The quantitative estimate of drug-likeness (QED) is 0.443. The van der Waals surface area contributed by atoms with E-state index in [4.69, 9.17) is 4.74 Å². The van der Waals surface area contributed by atoms with Gasteiger partial charge >= 0.3 is 0 Å². The molecule has 4 heteroatoms. The maximum absolute atomic E-state index is 9.19. The first-order chi connectivity index (χ1) is 5.59. The van der Waals surface area contributed by atoms with Crippen molar-refractivity contribution in [3.63, 3.8) is 0 Å². The van der Waals surface area contributed by atoms with Crippen molar-refractivity contribution in [2.45, 2.75) is 33.2 Å². The van der Waals surface area contributed by atoms with Gasteiger partial charge in [-0.3, -0.25) is 4.90 Å². The highest BCUT2D eigenvalue weighted by molar-refractivity contribution is 4.57. The van der Waals surface area contributed by atoms with E-state index in [0.29, 0.717) is 19.8 Å². The lowest BCUT2D eigenvalue weighted by Gasteiger charge is -2.27. The Labute approximate surface area is 73.8 Å². The molecule has 0 saturated carbocycles. The van der Waals surface area contributed by atoms with Crippen LogP contribution in [0.1, 0.15) is 20.8 Å². The van der Waals surface area contributed by atoms with E-state index >= 15 is 0 Å². The van der Waals surface area contributed by atoms with Crippen molar-refractivity contribution in [2.24, 2.45) is 0 Å². The van der Waals surface area contributed by atoms with E-state index in [1.807, 2.05) is 6.92 Å². The largest absolute Gasteiger partial charge is 0.380 e. The topological polar surface area (TPSA) is 52.9 Å². The first kappa shape index (κ1) is 11.8. The summed E-state index contributed by atoms with van der Waals surface area (Å²) in [7, 11) is 0. The molecule has 0 fully saturated rings. The zero-order valence-electron chi connectivity index (χ0n) is 8.03. The van der Waals surface area contributed by atoms with E-state index in [1.165, 1.54) is 0 Å². The summed E-state index contributed by atoms with van der Waals surface area (Å²) < 4.78 is 5.10. The fourth-order valence-corrected chi connectivity index (χ4v) is 1.00. The molecule has 0 heterocycles. The predicted molar refractivity (Wildman–Crippen MR) is 46.6 cm³/mol. The third-order valence-electron chi connectivity index (χ3n) is 1.66.